The largest absolute Gasteiger partial charge is 0.492 e. The minimum atomic E-state index is 0.135. The summed E-state index contributed by atoms with van der Waals surface area (Å²) >= 11 is 12.2. The Labute approximate surface area is 135 Å². The van der Waals surface area contributed by atoms with E-state index in [2.05, 4.69) is 10.4 Å². The molecule has 4 nitrogen and oxygen atoms in total. The molecule has 2 aromatic rings. The number of likely N-dealkylation sites (N-methyl/N-ethyl adjacent to an activating group) is 1. The van der Waals surface area contributed by atoms with Crippen LogP contribution in [-0.4, -0.2) is 29.5 Å². The van der Waals surface area contributed by atoms with Crippen molar-refractivity contribution < 1.29 is 4.74 Å². The molecule has 1 atom stereocenters. The van der Waals surface area contributed by atoms with Gasteiger partial charge in [-0.15, -0.1) is 0 Å². The van der Waals surface area contributed by atoms with Crippen molar-refractivity contribution in [3.8, 4) is 5.75 Å². The van der Waals surface area contributed by atoms with Gasteiger partial charge in [0.1, 0.15) is 12.4 Å². The van der Waals surface area contributed by atoms with Crippen LogP contribution in [0.15, 0.2) is 24.3 Å². The second-order valence-electron chi connectivity index (χ2n) is 4.93. The molecule has 0 saturated carbocycles. The summed E-state index contributed by atoms with van der Waals surface area (Å²) in [5, 5.41) is 8.96. The summed E-state index contributed by atoms with van der Waals surface area (Å²) in [4.78, 5) is 0. The molecule has 6 heteroatoms. The van der Waals surface area contributed by atoms with Crippen molar-refractivity contribution in [2.45, 2.75) is 19.4 Å². The SMILES string of the molecule is CNC(COc1cccc(Cl)c1)Cc1c(Cl)c(C)nn1C. The van der Waals surface area contributed by atoms with Gasteiger partial charge < -0.3 is 10.1 Å². The molecule has 21 heavy (non-hydrogen) atoms. The van der Waals surface area contributed by atoms with Gasteiger partial charge in [0, 0.05) is 24.5 Å². The van der Waals surface area contributed by atoms with Gasteiger partial charge in [-0.25, -0.2) is 0 Å². The van der Waals surface area contributed by atoms with Crippen molar-refractivity contribution in [1.82, 2.24) is 15.1 Å². The Hall–Kier alpha value is -1.23. The first-order valence-corrected chi connectivity index (χ1v) is 7.50. The highest BCUT2D eigenvalue weighted by molar-refractivity contribution is 6.31. The van der Waals surface area contributed by atoms with Crippen LogP contribution in [0.3, 0.4) is 0 Å². The van der Waals surface area contributed by atoms with Gasteiger partial charge in [-0.1, -0.05) is 29.3 Å². The number of rotatable bonds is 6. The van der Waals surface area contributed by atoms with E-state index in [-0.39, 0.29) is 6.04 Å². The molecule has 114 valence electrons. The normalized spacial score (nSPS) is 12.4. The van der Waals surface area contributed by atoms with Crippen molar-refractivity contribution in [2.75, 3.05) is 13.7 Å². The van der Waals surface area contributed by atoms with Crippen LogP contribution in [0.25, 0.3) is 0 Å². The van der Waals surface area contributed by atoms with Crippen molar-refractivity contribution >= 4 is 23.2 Å². The zero-order valence-electron chi connectivity index (χ0n) is 12.4. The van der Waals surface area contributed by atoms with E-state index in [1.165, 1.54) is 0 Å². The van der Waals surface area contributed by atoms with Crippen molar-refractivity contribution in [3.05, 3.63) is 45.7 Å². The van der Waals surface area contributed by atoms with Crippen LogP contribution in [0.4, 0.5) is 0 Å². The highest BCUT2D eigenvalue weighted by atomic mass is 35.5. The quantitative estimate of drug-likeness (QED) is 0.885. The first-order chi connectivity index (χ1) is 10.0. The third kappa shape index (κ3) is 4.13. The lowest BCUT2D eigenvalue weighted by Gasteiger charge is -2.17. The third-order valence-corrected chi connectivity index (χ3v) is 4.08. The first kappa shape index (κ1) is 16.1. The average molecular weight is 328 g/mol. The molecule has 0 saturated heterocycles. The summed E-state index contributed by atoms with van der Waals surface area (Å²) < 4.78 is 7.60. The first-order valence-electron chi connectivity index (χ1n) is 6.75. The second kappa shape index (κ2) is 7.16. The van der Waals surface area contributed by atoms with E-state index >= 15 is 0 Å². The Balaban J connectivity index is 2.00. The zero-order chi connectivity index (χ0) is 15.4. The second-order valence-corrected chi connectivity index (χ2v) is 5.74. The van der Waals surface area contributed by atoms with Crippen LogP contribution in [0.1, 0.15) is 11.4 Å². The zero-order valence-corrected chi connectivity index (χ0v) is 13.9. The van der Waals surface area contributed by atoms with E-state index in [1.54, 1.807) is 6.07 Å². The lowest BCUT2D eigenvalue weighted by atomic mass is 10.1. The van der Waals surface area contributed by atoms with Crippen molar-refractivity contribution in [1.29, 1.82) is 0 Å². The molecular weight excluding hydrogens is 309 g/mol. The Morgan fingerprint density at radius 2 is 2.14 bits per heavy atom. The third-order valence-electron chi connectivity index (χ3n) is 3.36. The fourth-order valence-electron chi connectivity index (χ4n) is 2.13. The Kier molecular flexibility index (Phi) is 5.51. The van der Waals surface area contributed by atoms with E-state index in [1.807, 2.05) is 43.9 Å². The van der Waals surface area contributed by atoms with Crippen molar-refractivity contribution in [3.63, 3.8) is 0 Å². The monoisotopic (exact) mass is 327 g/mol. The van der Waals surface area contributed by atoms with E-state index in [9.17, 15) is 0 Å². The number of hydrogen-bond donors (Lipinski definition) is 1. The molecule has 0 spiro atoms. The van der Waals surface area contributed by atoms with Crippen LogP contribution in [0, 0.1) is 6.92 Å². The maximum atomic E-state index is 6.28. The van der Waals surface area contributed by atoms with Crippen molar-refractivity contribution in [2.24, 2.45) is 7.05 Å². The number of halogens is 2. The number of hydrogen-bond acceptors (Lipinski definition) is 3. The highest BCUT2D eigenvalue weighted by Gasteiger charge is 2.16. The molecule has 1 aromatic heterocycles. The Bertz CT molecular complexity index is 613. The van der Waals surface area contributed by atoms with Gasteiger partial charge >= 0.3 is 0 Å². The topological polar surface area (TPSA) is 39.1 Å². The molecule has 0 aliphatic heterocycles. The molecule has 1 unspecified atom stereocenters. The number of ether oxygens (including phenoxy) is 1. The minimum Gasteiger partial charge on any atom is -0.492 e. The van der Waals surface area contributed by atoms with E-state index in [0.717, 1.165) is 28.6 Å². The van der Waals surface area contributed by atoms with Gasteiger partial charge in [0.25, 0.3) is 0 Å². The predicted octanol–water partition coefficient (Wildman–Crippen LogP) is 3.24. The molecule has 1 N–H and O–H groups in total. The average Bonchev–Trinajstić information content (AvgIpc) is 2.69. The highest BCUT2D eigenvalue weighted by Crippen LogP contribution is 2.21. The van der Waals surface area contributed by atoms with E-state index in [0.29, 0.717) is 11.6 Å². The van der Waals surface area contributed by atoms with Gasteiger partial charge in [0.15, 0.2) is 0 Å². The molecular formula is C15H19Cl2N3O. The summed E-state index contributed by atoms with van der Waals surface area (Å²) in [6.45, 7) is 2.43. The molecule has 0 amide bonds. The Morgan fingerprint density at radius 1 is 1.38 bits per heavy atom. The molecule has 0 bridgehead atoms. The van der Waals surface area contributed by atoms with Crippen LogP contribution in [-0.2, 0) is 13.5 Å². The summed E-state index contributed by atoms with van der Waals surface area (Å²) in [6, 6.07) is 7.52. The molecule has 0 aliphatic rings. The molecule has 0 aliphatic carbocycles. The van der Waals surface area contributed by atoms with Gasteiger partial charge in [-0.2, -0.15) is 5.10 Å². The number of benzene rings is 1. The van der Waals surface area contributed by atoms with Crippen LogP contribution in [0.5, 0.6) is 5.75 Å². The number of nitrogens with zero attached hydrogens (tertiary/aromatic N) is 2. The minimum absolute atomic E-state index is 0.135. The maximum absolute atomic E-state index is 6.28. The smallest absolute Gasteiger partial charge is 0.120 e. The van der Waals surface area contributed by atoms with Crippen LogP contribution >= 0.6 is 23.2 Å². The molecule has 0 radical (unpaired) electrons. The van der Waals surface area contributed by atoms with Gasteiger partial charge in [0.05, 0.1) is 16.4 Å². The summed E-state index contributed by atoms with van der Waals surface area (Å²) in [5.41, 5.74) is 1.85. The lowest BCUT2D eigenvalue weighted by molar-refractivity contribution is 0.268. The fourth-order valence-corrected chi connectivity index (χ4v) is 2.55. The molecule has 1 heterocycles. The fraction of sp³-hybridized carbons (Fsp3) is 0.400. The van der Waals surface area contributed by atoms with E-state index < -0.39 is 0 Å². The number of aryl methyl sites for hydroxylation is 2. The van der Waals surface area contributed by atoms with Gasteiger partial charge in [0.2, 0.25) is 0 Å². The summed E-state index contributed by atoms with van der Waals surface area (Å²) in [7, 11) is 3.81. The predicted molar refractivity (Wildman–Crippen MR) is 86.5 cm³/mol. The van der Waals surface area contributed by atoms with Gasteiger partial charge in [-0.05, 0) is 32.2 Å². The van der Waals surface area contributed by atoms with Crippen LogP contribution < -0.4 is 10.1 Å². The number of nitrogens with one attached hydrogen (secondary N) is 1. The van der Waals surface area contributed by atoms with Gasteiger partial charge in [-0.3, -0.25) is 4.68 Å². The number of aromatic nitrogens is 2. The molecule has 1 aromatic carbocycles. The standard InChI is InChI=1S/C15H19Cl2N3O/c1-10-15(17)14(20(3)19-10)8-12(18-2)9-21-13-6-4-5-11(16)7-13/h4-7,12,18H,8-9H2,1-3H3. The van der Waals surface area contributed by atoms with E-state index in [4.69, 9.17) is 27.9 Å². The maximum Gasteiger partial charge on any atom is 0.120 e. The lowest BCUT2D eigenvalue weighted by Crippen LogP contribution is -2.34. The molecule has 0 fully saturated rings. The Morgan fingerprint density at radius 3 is 2.71 bits per heavy atom. The van der Waals surface area contributed by atoms with Crippen LogP contribution in [0.2, 0.25) is 10.0 Å². The molecule has 2 rings (SSSR count). The summed E-state index contributed by atoms with van der Waals surface area (Å²) in [6.07, 6.45) is 0.743. The summed E-state index contributed by atoms with van der Waals surface area (Å²) in [5.74, 6) is 0.759.